The van der Waals surface area contributed by atoms with Gasteiger partial charge in [0.1, 0.15) is 12.2 Å². The first-order valence-electron chi connectivity index (χ1n) is 11.1. The average Bonchev–Trinajstić information content (AvgIpc) is 3.33. The summed E-state index contributed by atoms with van der Waals surface area (Å²) in [4.78, 5) is 34.0. The Morgan fingerprint density at radius 1 is 1.03 bits per heavy atom. The fraction of sp³-hybridized carbons (Fsp3) is 0.0769. The number of aromatic nitrogens is 4. The van der Waals surface area contributed by atoms with E-state index in [2.05, 4.69) is 20.9 Å². The first-order chi connectivity index (χ1) is 18.1. The van der Waals surface area contributed by atoms with E-state index in [1.54, 1.807) is 36.4 Å². The molecule has 0 atom stereocenters. The van der Waals surface area contributed by atoms with Gasteiger partial charge in [0.25, 0.3) is 5.56 Å². The molecule has 0 fully saturated rings. The van der Waals surface area contributed by atoms with Gasteiger partial charge in [-0.25, -0.2) is 18.4 Å². The molecule has 0 saturated heterocycles. The van der Waals surface area contributed by atoms with E-state index in [1.165, 1.54) is 27.6 Å². The van der Waals surface area contributed by atoms with Crippen LogP contribution in [0.5, 0.6) is 0 Å². The number of nitrogens with zero attached hydrogens (tertiary/aromatic N) is 4. The topological polar surface area (TPSA) is 113 Å². The van der Waals surface area contributed by atoms with Crippen LogP contribution >= 0.6 is 27.5 Å². The number of ether oxygens (including phenoxy) is 1. The highest BCUT2D eigenvalue weighted by Crippen LogP contribution is 2.26. The Morgan fingerprint density at radius 2 is 1.74 bits per heavy atom. The summed E-state index contributed by atoms with van der Waals surface area (Å²) in [6.07, 6.45) is 1.41. The van der Waals surface area contributed by atoms with Gasteiger partial charge in [-0.2, -0.15) is 0 Å². The minimum atomic E-state index is -3.91. The molecule has 9 nitrogen and oxygen atoms in total. The molecule has 2 heterocycles. The van der Waals surface area contributed by atoms with Crippen LogP contribution in [0.2, 0.25) is 5.02 Å². The summed E-state index contributed by atoms with van der Waals surface area (Å²) in [6, 6.07) is 20.1. The molecular formula is C26H18BrClN4O5S. The van der Waals surface area contributed by atoms with Gasteiger partial charge in [0.15, 0.2) is 17.1 Å². The summed E-state index contributed by atoms with van der Waals surface area (Å²) in [5.41, 5.74) is 1.57. The summed E-state index contributed by atoms with van der Waals surface area (Å²) in [5.74, 6) is -1.13. The highest BCUT2D eigenvalue weighted by Gasteiger charge is 2.21. The lowest BCUT2D eigenvalue weighted by Crippen LogP contribution is -2.22. The Morgan fingerprint density at radius 3 is 2.42 bits per heavy atom. The van der Waals surface area contributed by atoms with Crippen LogP contribution in [0.4, 0.5) is 0 Å². The zero-order valence-corrected chi connectivity index (χ0v) is 22.9. The predicted molar refractivity (Wildman–Crippen MR) is 146 cm³/mol. The van der Waals surface area contributed by atoms with E-state index in [9.17, 15) is 18.0 Å². The van der Waals surface area contributed by atoms with E-state index >= 15 is 0 Å². The van der Waals surface area contributed by atoms with E-state index in [0.717, 1.165) is 11.4 Å². The quantitative estimate of drug-likeness (QED) is 0.249. The third kappa shape index (κ3) is 5.00. The number of hydrogen-bond acceptors (Lipinski definition) is 7. The molecule has 0 unspecified atom stereocenters. The Hall–Kier alpha value is -3.80. The number of benzene rings is 3. The molecule has 0 saturated carbocycles. The third-order valence-corrected chi connectivity index (χ3v) is 7.81. The summed E-state index contributed by atoms with van der Waals surface area (Å²) >= 11 is 9.49. The van der Waals surface area contributed by atoms with Crippen molar-refractivity contribution in [1.29, 1.82) is 0 Å². The fourth-order valence-corrected chi connectivity index (χ4v) is 5.25. The second-order valence-electron chi connectivity index (χ2n) is 8.21. The van der Waals surface area contributed by atoms with E-state index in [4.69, 9.17) is 21.3 Å². The normalized spacial score (nSPS) is 11.6. The number of halogens is 2. The molecule has 12 heteroatoms. The van der Waals surface area contributed by atoms with Crippen molar-refractivity contribution in [2.45, 2.75) is 11.8 Å². The molecule has 0 aliphatic heterocycles. The lowest BCUT2D eigenvalue weighted by Gasteiger charge is -2.14. The van der Waals surface area contributed by atoms with Gasteiger partial charge < -0.3 is 4.74 Å². The predicted octanol–water partition coefficient (Wildman–Crippen LogP) is 4.95. The minimum absolute atomic E-state index is 0.0549. The molecule has 0 aliphatic rings. The standard InChI is InChI=1S/C26H18BrClN4O5S/c1-16(33)37-15-38(35,36)22-4-2-3-21(13-22)31-14-29-23-25(31)30-24(17-5-7-18(27)8-6-17)32(26(23)34)20-11-9-19(28)10-12-20/h2-14H,15H2,1H3. The number of hydrogen-bond donors (Lipinski definition) is 0. The summed E-state index contributed by atoms with van der Waals surface area (Å²) in [7, 11) is -3.91. The van der Waals surface area contributed by atoms with Crippen LogP contribution in [0, 0.1) is 0 Å². The lowest BCUT2D eigenvalue weighted by molar-refractivity contribution is -0.138. The molecule has 5 rings (SSSR count). The van der Waals surface area contributed by atoms with Crippen LogP contribution in [0.25, 0.3) is 33.9 Å². The smallest absolute Gasteiger partial charge is 0.303 e. The van der Waals surface area contributed by atoms with Crippen LogP contribution in [-0.2, 0) is 19.4 Å². The van der Waals surface area contributed by atoms with Crippen molar-refractivity contribution in [3.8, 4) is 22.8 Å². The van der Waals surface area contributed by atoms with Gasteiger partial charge in [0, 0.05) is 27.7 Å². The third-order valence-electron chi connectivity index (χ3n) is 5.63. The van der Waals surface area contributed by atoms with Crippen molar-refractivity contribution >= 4 is 54.5 Å². The summed E-state index contributed by atoms with van der Waals surface area (Å²) in [5, 5.41) is 0.522. The summed E-state index contributed by atoms with van der Waals surface area (Å²) in [6.45, 7) is 1.13. The molecule has 0 aliphatic carbocycles. The fourth-order valence-electron chi connectivity index (χ4n) is 3.82. The van der Waals surface area contributed by atoms with Gasteiger partial charge in [0.05, 0.1) is 10.6 Å². The van der Waals surface area contributed by atoms with E-state index in [1.807, 2.05) is 24.3 Å². The number of esters is 1. The van der Waals surface area contributed by atoms with E-state index in [-0.39, 0.29) is 16.1 Å². The van der Waals surface area contributed by atoms with Crippen molar-refractivity contribution in [3.05, 3.63) is 99.0 Å². The van der Waals surface area contributed by atoms with Crippen molar-refractivity contribution < 1.29 is 17.9 Å². The van der Waals surface area contributed by atoms with E-state index in [0.29, 0.717) is 27.8 Å². The van der Waals surface area contributed by atoms with Crippen molar-refractivity contribution in [2.24, 2.45) is 0 Å². The van der Waals surface area contributed by atoms with E-state index < -0.39 is 27.3 Å². The molecule has 0 radical (unpaired) electrons. The van der Waals surface area contributed by atoms with Crippen LogP contribution in [0.15, 0.2) is 93.3 Å². The Kier molecular flexibility index (Phi) is 6.91. The second kappa shape index (κ2) is 10.2. The van der Waals surface area contributed by atoms with Gasteiger partial charge in [-0.15, -0.1) is 0 Å². The number of rotatable bonds is 6. The maximum Gasteiger partial charge on any atom is 0.303 e. The number of fused-ring (bicyclic) bond motifs is 1. The van der Waals surface area contributed by atoms with Crippen molar-refractivity contribution in [1.82, 2.24) is 19.1 Å². The minimum Gasteiger partial charge on any atom is -0.449 e. The highest BCUT2D eigenvalue weighted by molar-refractivity contribution is 9.10. The zero-order chi connectivity index (χ0) is 27.0. The first kappa shape index (κ1) is 25.8. The molecule has 192 valence electrons. The largest absolute Gasteiger partial charge is 0.449 e. The molecule has 5 aromatic rings. The van der Waals surface area contributed by atoms with Gasteiger partial charge in [0.2, 0.25) is 9.84 Å². The Balaban J connectivity index is 1.72. The average molecular weight is 614 g/mol. The van der Waals surface area contributed by atoms with Crippen LogP contribution in [0.3, 0.4) is 0 Å². The zero-order valence-electron chi connectivity index (χ0n) is 19.7. The number of imidazole rings is 1. The maximum absolute atomic E-state index is 13.8. The molecule has 0 bridgehead atoms. The van der Waals surface area contributed by atoms with Crippen LogP contribution in [0.1, 0.15) is 6.92 Å². The highest BCUT2D eigenvalue weighted by atomic mass is 79.9. The molecule has 3 aromatic carbocycles. The van der Waals surface area contributed by atoms with Crippen molar-refractivity contribution in [2.75, 3.05) is 5.94 Å². The van der Waals surface area contributed by atoms with Crippen LogP contribution < -0.4 is 5.56 Å². The molecule has 0 N–H and O–H groups in total. The Labute approximate surface area is 230 Å². The maximum atomic E-state index is 13.8. The molecule has 38 heavy (non-hydrogen) atoms. The molecule has 2 aromatic heterocycles. The van der Waals surface area contributed by atoms with Gasteiger partial charge in [-0.05, 0) is 54.6 Å². The number of carbonyl (C=O) groups excluding carboxylic acids is 1. The SMILES string of the molecule is CC(=O)OCS(=O)(=O)c1cccc(-n2cnc3c(=O)n(-c4ccc(Cl)cc4)c(-c4ccc(Br)cc4)nc32)c1. The lowest BCUT2D eigenvalue weighted by atomic mass is 10.2. The second-order valence-corrected chi connectivity index (χ2v) is 11.5. The number of carbonyl (C=O) groups is 1. The van der Waals surface area contributed by atoms with Crippen LogP contribution in [-0.4, -0.2) is 39.4 Å². The van der Waals surface area contributed by atoms with Crippen molar-refractivity contribution in [3.63, 3.8) is 0 Å². The van der Waals surface area contributed by atoms with Gasteiger partial charge >= 0.3 is 5.97 Å². The summed E-state index contributed by atoms with van der Waals surface area (Å²) < 4.78 is 33.9. The molecule has 0 amide bonds. The van der Waals surface area contributed by atoms with Gasteiger partial charge in [-0.3, -0.25) is 18.7 Å². The number of sulfone groups is 1. The first-order valence-corrected chi connectivity index (χ1v) is 13.9. The molecule has 0 spiro atoms. The molecular weight excluding hydrogens is 596 g/mol. The monoisotopic (exact) mass is 612 g/mol. The Bertz CT molecular complexity index is 1850. The van der Waals surface area contributed by atoms with Gasteiger partial charge in [-0.1, -0.05) is 45.7 Å².